The van der Waals surface area contributed by atoms with Gasteiger partial charge in [0, 0.05) is 18.0 Å². The molecule has 0 aliphatic rings. The lowest BCUT2D eigenvalue weighted by atomic mass is 10.3. The molecule has 0 aliphatic carbocycles. The molecule has 0 unspecified atom stereocenters. The van der Waals surface area contributed by atoms with E-state index < -0.39 is 22.2 Å². The van der Waals surface area contributed by atoms with Crippen molar-refractivity contribution >= 4 is 32.4 Å². The first kappa shape index (κ1) is 17.8. The van der Waals surface area contributed by atoms with Crippen molar-refractivity contribution in [3.63, 3.8) is 0 Å². The highest BCUT2D eigenvalue weighted by molar-refractivity contribution is 7.91. The van der Waals surface area contributed by atoms with E-state index in [2.05, 4.69) is 10.3 Å². The van der Waals surface area contributed by atoms with Crippen molar-refractivity contribution < 1.29 is 22.7 Å². The van der Waals surface area contributed by atoms with Gasteiger partial charge in [0.2, 0.25) is 5.78 Å². The predicted molar refractivity (Wildman–Crippen MR) is 96.7 cm³/mol. The van der Waals surface area contributed by atoms with Crippen LogP contribution in [-0.4, -0.2) is 36.7 Å². The van der Waals surface area contributed by atoms with E-state index in [0.29, 0.717) is 16.8 Å². The topological polar surface area (TPSA) is 110 Å². The Kier molecular flexibility index (Phi) is 5.15. The summed E-state index contributed by atoms with van der Waals surface area (Å²) < 4.78 is 29.0. The number of para-hydroxylation sites is 2. The Labute approximate surface area is 149 Å². The molecule has 1 aromatic heterocycles. The lowest BCUT2D eigenvalue weighted by Gasteiger charge is -2.04. The number of anilines is 1. The number of rotatable bonds is 7. The Bertz CT molecular complexity index is 1020. The van der Waals surface area contributed by atoms with E-state index in [-0.39, 0.29) is 16.5 Å². The number of carbonyl (C=O) groups is 1. The fraction of sp³-hybridized carbons (Fsp3) is 0.111. The van der Waals surface area contributed by atoms with Crippen molar-refractivity contribution in [1.82, 2.24) is 4.98 Å². The molecule has 0 aliphatic heterocycles. The molecule has 2 N–H and O–H groups in total. The molecule has 0 bridgehead atoms. The fourth-order valence-corrected chi connectivity index (χ4v) is 3.29. The molecule has 8 heteroatoms. The zero-order valence-electron chi connectivity index (χ0n) is 13.6. The van der Waals surface area contributed by atoms with E-state index in [4.69, 9.17) is 9.52 Å². The number of fused-ring (bicyclic) bond motifs is 1. The number of aliphatic hydroxyl groups excluding tert-OH is 1. The average molecular weight is 372 g/mol. The van der Waals surface area contributed by atoms with E-state index in [1.165, 1.54) is 24.4 Å². The van der Waals surface area contributed by atoms with Gasteiger partial charge < -0.3 is 14.8 Å². The monoisotopic (exact) mass is 372 g/mol. The van der Waals surface area contributed by atoms with Gasteiger partial charge in [0.15, 0.2) is 15.4 Å². The first-order valence-corrected chi connectivity index (χ1v) is 9.41. The fourth-order valence-electron chi connectivity index (χ4n) is 2.26. The second-order valence-electron chi connectivity index (χ2n) is 5.40. The molecule has 3 rings (SSSR count). The van der Waals surface area contributed by atoms with Gasteiger partial charge in [-0.1, -0.05) is 12.1 Å². The molecule has 0 fully saturated rings. The Hall–Kier alpha value is -2.97. The van der Waals surface area contributed by atoms with Crippen LogP contribution in [0, 0.1) is 0 Å². The second kappa shape index (κ2) is 7.51. The number of hydrogen-bond acceptors (Lipinski definition) is 7. The van der Waals surface area contributed by atoms with Crippen molar-refractivity contribution in [2.24, 2.45) is 0 Å². The molecular formula is C18H16N2O5S. The molecule has 26 heavy (non-hydrogen) atoms. The summed E-state index contributed by atoms with van der Waals surface area (Å²) in [5.41, 5.74) is 1.75. The molecule has 2 aromatic carbocycles. The number of allylic oxidation sites excluding steroid dienone is 1. The highest BCUT2D eigenvalue weighted by atomic mass is 32.2. The van der Waals surface area contributed by atoms with Crippen LogP contribution in [0.2, 0.25) is 0 Å². The summed E-state index contributed by atoms with van der Waals surface area (Å²) in [4.78, 5) is 16.3. The number of aromatic nitrogens is 1. The van der Waals surface area contributed by atoms with Gasteiger partial charge in [0.25, 0.3) is 5.89 Å². The van der Waals surface area contributed by atoms with Crippen LogP contribution in [0.4, 0.5) is 5.69 Å². The number of benzene rings is 2. The van der Waals surface area contributed by atoms with Crippen LogP contribution in [0.5, 0.6) is 0 Å². The first-order chi connectivity index (χ1) is 12.5. The maximum absolute atomic E-state index is 12.1. The van der Waals surface area contributed by atoms with Crippen LogP contribution in [0.25, 0.3) is 11.1 Å². The van der Waals surface area contributed by atoms with Crippen LogP contribution in [0.15, 0.2) is 70.1 Å². The first-order valence-electron chi connectivity index (χ1n) is 7.76. The van der Waals surface area contributed by atoms with Gasteiger partial charge in [-0.15, -0.1) is 0 Å². The van der Waals surface area contributed by atoms with Gasteiger partial charge in [-0.2, -0.15) is 0 Å². The number of hydrogen-bond donors (Lipinski definition) is 2. The minimum Gasteiger partial charge on any atom is -0.433 e. The third-order valence-electron chi connectivity index (χ3n) is 3.56. The number of ketones is 1. The van der Waals surface area contributed by atoms with Crippen LogP contribution in [0.1, 0.15) is 10.7 Å². The van der Waals surface area contributed by atoms with Gasteiger partial charge in [-0.3, -0.25) is 4.79 Å². The molecule has 0 saturated carbocycles. The number of aliphatic hydroxyl groups is 1. The van der Waals surface area contributed by atoms with E-state index in [0.717, 1.165) is 0 Å². The van der Waals surface area contributed by atoms with Crippen molar-refractivity contribution in [1.29, 1.82) is 0 Å². The molecule has 0 amide bonds. The summed E-state index contributed by atoms with van der Waals surface area (Å²) in [6.45, 7) is -0.428. The third-order valence-corrected chi connectivity index (χ3v) is 5.27. The Balaban J connectivity index is 1.65. The van der Waals surface area contributed by atoms with Crippen molar-refractivity contribution in [3.8, 4) is 0 Å². The quantitative estimate of drug-likeness (QED) is 0.484. The highest BCUT2D eigenvalue weighted by Gasteiger charge is 2.13. The number of sulfone groups is 1. The summed E-state index contributed by atoms with van der Waals surface area (Å²) in [7, 11) is -3.48. The summed E-state index contributed by atoms with van der Waals surface area (Å²) in [6, 6.07) is 13.1. The smallest absolute Gasteiger partial charge is 0.268 e. The Morgan fingerprint density at radius 1 is 1.15 bits per heavy atom. The predicted octanol–water partition coefficient (Wildman–Crippen LogP) is 2.40. The lowest BCUT2D eigenvalue weighted by Crippen LogP contribution is -2.09. The maximum atomic E-state index is 12.1. The molecular weight excluding hydrogens is 356 g/mol. The van der Waals surface area contributed by atoms with Crippen LogP contribution < -0.4 is 5.32 Å². The zero-order valence-corrected chi connectivity index (χ0v) is 14.4. The number of nitrogens with one attached hydrogen (secondary N) is 1. The lowest BCUT2D eigenvalue weighted by molar-refractivity contribution is 0.101. The molecule has 7 nitrogen and oxygen atoms in total. The number of oxazole rings is 1. The van der Waals surface area contributed by atoms with Crippen molar-refractivity contribution in [3.05, 3.63) is 66.7 Å². The maximum Gasteiger partial charge on any atom is 0.268 e. The van der Waals surface area contributed by atoms with Crippen molar-refractivity contribution in [2.45, 2.75) is 4.90 Å². The minimum absolute atomic E-state index is 0.00491. The SMILES string of the molecule is O=C(C=CNc1ccc(S(=O)(=O)CCO)cc1)c1nc2ccccc2o1. The summed E-state index contributed by atoms with van der Waals surface area (Å²) in [6.07, 6.45) is 2.70. The molecule has 134 valence electrons. The van der Waals surface area contributed by atoms with Gasteiger partial charge in [-0.25, -0.2) is 13.4 Å². The largest absolute Gasteiger partial charge is 0.433 e. The van der Waals surface area contributed by atoms with Gasteiger partial charge >= 0.3 is 0 Å². The molecule has 0 saturated heterocycles. The molecule has 0 spiro atoms. The molecule has 0 radical (unpaired) electrons. The normalized spacial score (nSPS) is 11.9. The molecule has 1 heterocycles. The Morgan fingerprint density at radius 3 is 2.58 bits per heavy atom. The zero-order chi connectivity index (χ0) is 18.6. The standard InChI is InChI=1S/C18H16N2O5S/c21-11-12-26(23,24)14-7-5-13(6-8-14)19-10-9-16(22)18-20-15-3-1-2-4-17(15)25-18/h1-10,19,21H,11-12H2. The minimum atomic E-state index is -3.48. The highest BCUT2D eigenvalue weighted by Crippen LogP contribution is 2.17. The number of nitrogens with zero attached hydrogens (tertiary/aromatic N) is 1. The van der Waals surface area contributed by atoms with E-state index in [1.54, 1.807) is 36.4 Å². The van der Waals surface area contributed by atoms with E-state index in [9.17, 15) is 13.2 Å². The third kappa shape index (κ3) is 3.98. The Morgan fingerprint density at radius 2 is 1.88 bits per heavy atom. The summed E-state index contributed by atoms with van der Waals surface area (Å²) >= 11 is 0. The summed E-state index contributed by atoms with van der Waals surface area (Å²) in [5, 5.41) is 11.7. The number of carbonyl (C=O) groups excluding carboxylic acids is 1. The van der Waals surface area contributed by atoms with Crippen molar-refractivity contribution in [2.75, 3.05) is 17.7 Å². The molecule has 3 aromatic rings. The van der Waals surface area contributed by atoms with Gasteiger partial charge in [0.05, 0.1) is 17.3 Å². The van der Waals surface area contributed by atoms with E-state index in [1.807, 2.05) is 0 Å². The van der Waals surface area contributed by atoms with Crippen LogP contribution in [0.3, 0.4) is 0 Å². The van der Waals surface area contributed by atoms with Gasteiger partial charge in [-0.05, 0) is 36.4 Å². The van der Waals surface area contributed by atoms with Crippen LogP contribution >= 0.6 is 0 Å². The average Bonchev–Trinajstić information content (AvgIpc) is 3.06. The van der Waals surface area contributed by atoms with E-state index >= 15 is 0 Å². The van der Waals surface area contributed by atoms with Gasteiger partial charge in [0.1, 0.15) is 5.52 Å². The molecule has 0 atom stereocenters. The second-order valence-corrected chi connectivity index (χ2v) is 7.50. The summed E-state index contributed by atoms with van der Waals surface area (Å²) in [5.74, 6) is -0.718. The van der Waals surface area contributed by atoms with Crippen LogP contribution in [-0.2, 0) is 9.84 Å².